The third kappa shape index (κ3) is 3.83. The number of hydrogen-bond donors (Lipinski definition) is 0. The van der Waals surface area contributed by atoms with Crippen LogP contribution in [-0.2, 0) is 6.42 Å². The van der Waals surface area contributed by atoms with E-state index < -0.39 is 5.82 Å². The Kier molecular flexibility index (Phi) is 4.81. The number of Topliss-reactive ketones (excluding diaryl/α,β-unsaturated/α-hetero) is 1. The van der Waals surface area contributed by atoms with Crippen LogP contribution >= 0.6 is 0 Å². The van der Waals surface area contributed by atoms with E-state index in [4.69, 9.17) is 4.42 Å². The molecule has 0 N–H and O–H groups in total. The first kappa shape index (κ1) is 15.4. The van der Waals surface area contributed by atoms with E-state index in [1.807, 2.05) is 18.2 Å². The molecule has 0 bridgehead atoms. The molecule has 0 unspecified atom stereocenters. The Bertz CT molecular complexity index is 795. The molecule has 4 heteroatoms. The molecule has 0 spiro atoms. The maximum absolute atomic E-state index is 13.5. The smallest absolute Gasteiger partial charge is 0.264 e. The number of rotatable bonds is 7. The van der Waals surface area contributed by atoms with Crippen LogP contribution in [0.15, 0.2) is 52.9 Å². The number of halogens is 1. The van der Waals surface area contributed by atoms with Crippen molar-refractivity contribution in [2.45, 2.75) is 32.1 Å². The SMILES string of the molecule is O=C(CCCCCc1ccccc1)c1nc2c(F)cccc2o1. The van der Waals surface area contributed by atoms with Crippen molar-refractivity contribution in [2.75, 3.05) is 0 Å². The Morgan fingerprint density at radius 1 is 1.00 bits per heavy atom. The Hall–Kier alpha value is -2.49. The number of ketones is 1. The fraction of sp³-hybridized carbons (Fsp3) is 0.263. The van der Waals surface area contributed by atoms with Crippen LogP contribution in [0.5, 0.6) is 0 Å². The minimum absolute atomic E-state index is 0.00755. The van der Waals surface area contributed by atoms with Crippen molar-refractivity contribution >= 4 is 16.9 Å². The number of hydrogen-bond acceptors (Lipinski definition) is 3. The molecular weight excluding hydrogens is 293 g/mol. The van der Waals surface area contributed by atoms with Crippen LogP contribution in [0.1, 0.15) is 41.9 Å². The first-order chi connectivity index (χ1) is 11.2. The number of carbonyl (C=O) groups excluding carboxylic acids is 1. The lowest BCUT2D eigenvalue weighted by molar-refractivity contribution is 0.0947. The van der Waals surface area contributed by atoms with Crippen molar-refractivity contribution in [2.24, 2.45) is 0 Å². The first-order valence-electron chi connectivity index (χ1n) is 7.86. The van der Waals surface area contributed by atoms with Gasteiger partial charge in [0.15, 0.2) is 11.4 Å². The van der Waals surface area contributed by atoms with Gasteiger partial charge in [-0.25, -0.2) is 9.37 Å². The highest BCUT2D eigenvalue weighted by Crippen LogP contribution is 2.20. The quantitative estimate of drug-likeness (QED) is 0.458. The standard InChI is InChI=1S/C19H18FNO2/c20-15-11-7-13-17-18(15)21-19(23-17)16(22)12-6-2-5-10-14-8-3-1-4-9-14/h1,3-4,7-9,11,13H,2,5-6,10,12H2. The second kappa shape index (κ2) is 7.18. The number of para-hydroxylation sites is 1. The van der Waals surface area contributed by atoms with Crippen LogP contribution in [0.3, 0.4) is 0 Å². The highest BCUT2D eigenvalue weighted by molar-refractivity contribution is 5.94. The van der Waals surface area contributed by atoms with Crippen molar-refractivity contribution in [3.8, 4) is 0 Å². The van der Waals surface area contributed by atoms with E-state index in [9.17, 15) is 9.18 Å². The van der Waals surface area contributed by atoms with Gasteiger partial charge in [0.05, 0.1) is 0 Å². The number of aryl methyl sites for hydroxylation is 1. The van der Waals surface area contributed by atoms with E-state index in [-0.39, 0.29) is 17.2 Å². The van der Waals surface area contributed by atoms with E-state index >= 15 is 0 Å². The summed E-state index contributed by atoms with van der Waals surface area (Å²) in [6.45, 7) is 0. The summed E-state index contributed by atoms with van der Waals surface area (Å²) in [5.41, 5.74) is 1.76. The summed E-state index contributed by atoms with van der Waals surface area (Å²) in [7, 11) is 0. The predicted molar refractivity (Wildman–Crippen MR) is 86.9 cm³/mol. The van der Waals surface area contributed by atoms with E-state index in [1.165, 1.54) is 11.6 Å². The molecule has 0 saturated heterocycles. The summed E-state index contributed by atoms with van der Waals surface area (Å²) in [4.78, 5) is 16.0. The molecule has 3 rings (SSSR count). The van der Waals surface area contributed by atoms with Gasteiger partial charge in [-0.2, -0.15) is 0 Å². The molecule has 118 valence electrons. The first-order valence-corrected chi connectivity index (χ1v) is 7.86. The lowest BCUT2D eigenvalue weighted by atomic mass is 10.1. The molecule has 0 radical (unpaired) electrons. The van der Waals surface area contributed by atoms with E-state index in [1.54, 1.807) is 12.1 Å². The fourth-order valence-electron chi connectivity index (χ4n) is 2.58. The third-order valence-corrected chi connectivity index (χ3v) is 3.82. The zero-order valence-electron chi connectivity index (χ0n) is 12.8. The third-order valence-electron chi connectivity index (χ3n) is 3.82. The highest BCUT2D eigenvalue weighted by atomic mass is 19.1. The Morgan fingerprint density at radius 3 is 2.61 bits per heavy atom. The molecule has 0 atom stereocenters. The van der Waals surface area contributed by atoms with Crippen molar-refractivity contribution < 1.29 is 13.6 Å². The zero-order chi connectivity index (χ0) is 16.1. The summed E-state index contributed by atoms with van der Waals surface area (Å²) in [6, 6.07) is 14.8. The Morgan fingerprint density at radius 2 is 1.83 bits per heavy atom. The Labute approximate surface area is 134 Å². The van der Waals surface area contributed by atoms with Gasteiger partial charge in [0, 0.05) is 6.42 Å². The highest BCUT2D eigenvalue weighted by Gasteiger charge is 2.15. The van der Waals surface area contributed by atoms with Crippen LogP contribution in [0.4, 0.5) is 4.39 Å². The predicted octanol–water partition coefficient (Wildman–Crippen LogP) is 4.95. The molecule has 0 saturated carbocycles. The normalized spacial score (nSPS) is 11.0. The van der Waals surface area contributed by atoms with Crippen LogP contribution < -0.4 is 0 Å². The van der Waals surface area contributed by atoms with E-state index in [2.05, 4.69) is 17.1 Å². The van der Waals surface area contributed by atoms with E-state index in [0.29, 0.717) is 12.0 Å². The van der Waals surface area contributed by atoms with Crippen LogP contribution in [0.25, 0.3) is 11.1 Å². The molecule has 23 heavy (non-hydrogen) atoms. The number of fused-ring (bicyclic) bond motifs is 1. The summed E-state index contributed by atoms with van der Waals surface area (Å²) >= 11 is 0. The van der Waals surface area contributed by atoms with Gasteiger partial charge >= 0.3 is 0 Å². The maximum atomic E-state index is 13.5. The van der Waals surface area contributed by atoms with Gasteiger partial charge in [0.1, 0.15) is 5.52 Å². The lowest BCUT2D eigenvalue weighted by Gasteiger charge is -2.00. The van der Waals surface area contributed by atoms with Gasteiger partial charge < -0.3 is 4.42 Å². The summed E-state index contributed by atoms with van der Waals surface area (Å²) in [6.07, 6.45) is 4.19. The zero-order valence-corrected chi connectivity index (χ0v) is 12.8. The van der Waals surface area contributed by atoms with Gasteiger partial charge in [-0.15, -0.1) is 0 Å². The fourth-order valence-corrected chi connectivity index (χ4v) is 2.58. The second-order valence-corrected chi connectivity index (χ2v) is 5.58. The molecule has 0 fully saturated rings. The summed E-state index contributed by atoms with van der Waals surface area (Å²) < 4.78 is 18.9. The molecule has 1 heterocycles. The second-order valence-electron chi connectivity index (χ2n) is 5.58. The topological polar surface area (TPSA) is 43.1 Å². The van der Waals surface area contributed by atoms with Crippen molar-refractivity contribution in [1.29, 1.82) is 0 Å². The molecular formula is C19H18FNO2. The molecule has 0 aliphatic heterocycles. The van der Waals surface area contributed by atoms with Crippen molar-refractivity contribution in [3.05, 3.63) is 65.8 Å². The van der Waals surface area contributed by atoms with Crippen molar-refractivity contribution in [3.63, 3.8) is 0 Å². The van der Waals surface area contributed by atoms with Crippen LogP contribution in [0.2, 0.25) is 0 Å². The molecule has 1 aromatic heterocycles. The number of carbonyl (C=O) groups is 1. The van der Waals surface area contributed by atoms with Gasteiger partial charge in [-0.05, 0) is 37.0 Å². The summed E-state index contributed by atoms with van der Waals surface area (Å²) in [5, 5.41) is 0. The molecule has 0 aliphatic rings. The average molecular weight is 311 g/mol. The Balaban J connectivity index is 1.48. The molecule has 3 aromatic rings. The van der Waals surface area contributed by atoms with Crippen molar-refractivity contribution in [1.82, 2.24) is 4.98 Å². The monoisotopic (exact) mass is 311 g/mol. The number of nitrogens with zero attached hydrogens (tertiary/aromatic N) is 1. The number of unbranched alkanes of at least 4 members (excludes halogenated alkanes) is 2. The summed E-state index contributed by atoms with van der Waals surface area (Å²) in [5.74, 6) is -0.623. The number of benzene rings is 2. The minimum atomic E-state index is -0.465. The van der Waals surface area contributed by atoms with Gasteiger partial charge in [0.2, 0.25) is 5.78 Å². The van der Waals surface area contributed by atoms with Gasteiger partial charge in [-0.1, -0.05) is 42.8 Å². The molecule has 3 nitrogen and oxygen atoms in total. The maximum Gasteiger partial charge on any atom is 0.264 e. The number of aromatic nitrogens is 1. The van der Waals surface area contributed by atoms with Crippen LogP contribution in [0, 0.1) is 5.82 Å². The number of oxazole rings is 1. The van der Waals surface area contributed by atoms with Gasteiger partial charge in [0.25, 0.3) is 5.89 Å². The lowest BCUT2D eigenvalue weighted by Crippen LogP contribution is -1.99. The van der Waals surface area contributed by atoms with Crippen LogP contribution in [-0.4, -0.2) is 10.8 Å². The molecule has 0 aliphatic carbocycles. The average Bonchev–Trinajstić information content (AvgIpc) is 3.01. The largest absolute Gasteiger partial charge is 0.434 e. The minimum Gasteiger partial charge on any atom is -0.434 e. The molecule has 2 aromatic carbocycles. The van der Waals surface area contributed by atoms with Gasteiger partial charge in [-0.3, -0.25) is 4.79 Å². The molecule has 0 amide bonds. The van der Waals surface area contributed by atoms with E-state index in [0.717, 1.165) is 25.7 Å².